The van der Waals surface area contributed by atoms with E-state index < -0.39 is 0 Å². The highest BCUT2D eigenvalue weighted by Gasteiger charge is 2.07. The Morgan fingerprint density at radius 1 is 1.04 bits per heavy atom. The Kier molecular flexibility index (Phi) is 6.03. The molecule has 0 aromatic heterocycles. The van der Waals surface area contributed by atoms with Crippen molar-refractivity contribution >= 4 is 17.3 Å². The van der Waals surface area contributed by atoms with Crippen LogP contribution in [0.15, 0.2) is 42.5 Å². The number of amides is 1. The SMILES string of the molecule is CCOc1ccccc1NCCC(=O)Nc1cccc(C)c1C. The molecule has 2 N–H and O–H groups in total. The van der Waals surface area contributed by atoms with E-state index in [-0.39, 0.29) is 5.91 Å². The van der Waals surface area contributed by atoms with Crippen molar-refractivity contribution in [3.63, 3.8) is 0 Å². The van der Waals surface area contributed by atoms with Gasteiger partial charge in [-0.2, -0.15) is 0 Å². The predicted octanol–water partition coefficient (Wildman–Crippen LogP) is 4.14. The van der Waals surface area contributed by atoms with Gasteiger partial charge in [0.05, 0.1) is 12.3 Å². The summed E-state index contributed by atoms with van der Waals surface area (Å²) in [4.78, 5) is 12.1. The van der Waals surface area contributed by atoms with Gasteiger partial charge >= 0.3 is 0 Å². The van der Waals surface area contributed by atoms with E-state index in [4.69, 9.17) is 4.74 Å². The molecule has 0 spiro atoms. The quantitative estimate of drug-likeness (QED) is 0.808. The first-order valence-electron chi connectivity index (χ1n) is 7.93. The molecular weight excluding hydrogens is 288 g/mol. The molecule has 4 nitrogen and oxygen atoms in total. The van der Waals surface area contributed by atoms with Crippen LogP contribution in [-0.2, 0) is 4.79 Å². The van der Waals surface area contributed by atoms with Crippen LogP contribution < -0.4 is 15.4 Å². The van der Waals surface area contributed by atoms with E-state index in [9.17, 15) is 4.79 Å². The molecule has 0 saturated heterocycles. The zero-order chi connectivity index (χ0) is 16.7. The fourth-order valence-corrected chi connectivity index (χ4v) is 2.30. The first kappa shape index (κ1) is 16.9. The Morgan fingerprint density at radius 3 is 2.57 bits per heavy atom. The molecule has 0 bridgehead atoms. The zero-order valence-corrected chi connectivity index (χ0v) is 14.0. The second kappa shape index (κ2) is 8.22. The fourth-order valence-electron chi connectivity index (χ4n) is 2.30. The number of carbonyl (C=O) groups excluding carboxylic acids is 1. The summed E-state index contributed by atoms with van der Waals surface area (Å²) < 4.78 is 5.56. The molecule has 1 amide bonds. The molecule has 122 valence electrons. The first-order chi connectivity index (χ1) is 11.1. The smallest absolute Gasteiger partial charge is 0.226 e. The van der Waals surface area contributed by atoms with Crippen molar-refractivity contribution in [2.75, 3.05) is 23.8 Å². The maximum Gasteiger partial charge on any atom is 0.226 e. The van der Waals surface area contributed by atoms with Gasteiger partial charge in [-0.1, -0.05) is 24.3 Å². The molecule has 0 unspecified atom stereocenters. The third-order valence-electron chi connectivity index (χ3n) is 3.73. The number of para-hydroxylation sites is 2. The number of hydrogen-bond donors (Lipinski definition) is 2. The van der Waals surface area contributed by atoms with Gasteiger partial charge in [0, 0.05) is 18.7 Å². The number of ether oxygens (including phenoxy) is 1. The lowest BCUT2D eigenvalue weighted by Gasteiger charge is -2.13. The number of carbonyl (C=O) groups is 1. The van der Waals surface area contributed by atoms with Crippen molar-refractivity contribution in [2.24, 2.45) is 0 Å². The minimum absolute atomic E-state index is 0.0000843. The number of aryl methyl sites for hydroxylation is 1. The van der Waals surface area contributed by atoms with E-state index in [2.05, 4.69) is 10.6 Å². The molecule has 23 heavy (non-hydrogen) atoms. The summed E-state index contributed by atoms with van der Waals surface area (Å²) in [6.07, 6.45) is 0.397. The molecule has 0 fully saturated rings. The second-order valence-electron chi connectivity index (χ2n) is 5.40. The van der Waals surface area contributed by atoms with Crippen molar-refractivity contribution in [1.29, 1.82) is 0 Å². The summed E-state index contributed by atoms with van der Waals surface area (Å²) in [7, 11) is 0. The summed E-state index contributed by atoms with van der Waals surface area (Å²) in [6, 6.07) is 13.7. The molecule has 0 aliphatic carbocycles. The van der Waals surface area contributed by atoms with Gasteiger partial charge in [0.25, 0.3) is 0 Å². The molecule has 0 saturated carbocycles. The van der Waals surface area contributed by atoms with Gasteiger partial charge in [-0.3, -0.25) is 4.79 Å². The van der Waals surface area contributed by atoms with Crippen LogP contribution in [0.4, 0.5) is 11.4 Å². The molecule has 0 radical (unpaired) electrons. The largest absolute Gasteiger partial charge is 0.492 e. The van der Waals surface area contributed by atoms with E-state index in [0.717, 1.165) is 22.7 Å². The lowest BCUT2D eigenvalue weighted by atomic mass is 10.1. The highest BCUT2D eigenvalue weighted by atomic mass is 16.5. The Labute approximate surface area is 137 Å². The average Bonchev–Trinajstić information content (AvgIpc) is 2.54. The van der Waals surface area contributed by atoms with E-state index >= 15 is 0 Å². The van der Waals surface area contributed by atoms with Crippen LogP contribution >= 0.6 is 0 Å². The molecule has 2 aromatic rings. The number of hydrogen-bond acceptors (Lipinski definition) is 3. The van der Waals surface area contributed by atoms with Crippen molar-refractivity contribution in [3.05, 3.63) is 53.6 Å². The Balaban J connectivity index is 1.87. The highest BCUT2D eigenvalue weighted by molar-refractivity contribution is 5.92. The molecule has 0 atom stereocenters. The van der Waals surface area contributed by atoms with Gasteiger partial charge in [-0.25, -0.2) is 0 Å². The summed E-state index contributed by atoms with van der Waals surface area (Å²) in [6.45, 7) is 7.18. The number of benzene rings is 2. The Hall–Kier alpha value is -2.49. The molecule has 0 heterocycles. The lowest BCUT2D eigenvalue weighted by Crippen LogP contribution is -2.17. The summed E-state index contributed by atoms with van der Waals surface area (Å²) >= 11 is 0. The third kappa shape index (κ3) is 4.74. The monoisotopic (exact) mass is 312 g/mol. The molecule has 4 heteroatoms. The lowest BCUT2D eigenvalue weighted by molar-refractivity contribution is -0.115. The average molecular weight is 312 g/mol. The molecule has 0 aliphatic rings. The standard InChI is InChI=1S/C19H24N2O2/c1-4-23-18-11-6-5-9-17(18)20-13-12-19(22)21-16-10-7-8-14(2)15(16)3/h5-11,20H,4,12-13H2,1-3H3,(H,21,22). The fraction of sp³-hybridized carbons (Fsp3) is 0.316. The maximum absolute atomic E-state index is 12.1. The van der Waals surface area contributed by atoms with E-state index in [1.54, 1.807) is 0 Å². The number of nitrogens with one attached hydrogen (secondary N) is 2. The minimum atomic E-state index is 0.0000843. The second-order valence-corrected chi connectivity index (χ2v) is 5.40. The maximum atomic E-state index is 12.1. The Morgan fingerprint density at radius 2 is 1.78 bits per heavy atom. The van der Waals surface area contributed by atoms with Crippen LogP contribution in [0.1, 0.15) is 24.5 Å². The number of anilines is 2. The first-order valence-corrected chi connectivity index (χ1v) is 7.93. The van der Waals surface area contributed by atoms with Crippen molar-refractivity contribution in [1.82, 2.24) is 0 Å². The van der Waals surface area contributed by atoms with Gasteiger partial charge in [0.15, 0.2) is 0 Å². The van der Waals surface area contributed by atoms with Crippen molar-refractivity contribution in [3.8, 4) is 5.75 Å². The van der Waals surface area contributed by atoms with Crippen LogP contribution in [0.25, 0.3) is 0 Å². The van der Waals surface area contributed by atoms with Crippen molar-refractivity contribution < 1.29 is 9.53 Å². The van der Waals surface area contributed by atoms with E-state index in [1.807, 2.05) is 63.2 Å². The molecular formula is C19H24N2O2. The van der Waals surface area contributed by atoms with E-state index in [1.165, 1.54) is 5.56 Å². The van der Waals surface area contributed by atoms with Gasteiger partial charge in [0.1, 0.15) is 5.75 Å². The third-order valence-corrected chi connectivity index (χ3v) is 3.73. The topological polar surface area (TPSA) is 50.4 Å². The van der Waals surface area contributed by atoms with Crippen LogP contribution in [0.2, 0.25) is 0 Å². The van der Waals surface area contributed by atoms with Crippen LogP contribution in [0.3, 0.4) is 0 Å². The van der Waals surface area contributed by atoms with Crippen LogP contribution in [0, 0.1) is 13.8 Å². The zero-order valence-electron chi connectivity index (χ0n) is 14.0. The van der Waals surface area contributed by atoms with Gasteiger partial charge in [-0.05, 0) is 50.1 Å². The highest BCUT2D eigenvalue weighted by Crippen LogP contribution is 2.23. The van der Waals surface area contributed by atoms with Gasteiger partial charge in [-0.15, -0.1) is 0 Å². The van der Waals surface area contributed by atoms with E-state index in [0.29, 0.717) is 19.6 Å². The van der Waals surface area contributed by atoms with Gasteiger partial charge in [0.2, 0.25) is 5.91 Å². The minimum Gasteiger partial charge on any atom is -0.492 e. The number of rotatable bonds is 7. The molecule has 2 rings (SSSR count). The van der Waals surface area contributed by atoms with Gasteiger partial charge < -0.3 is 15.4 Å². The van der Waals surface area contributed by atoms with Crippen molar-refractivity contribution in [2.45, 2.75) is 27.2 Å². The molecule has 0 aliphatic heterocycles. The normalized spacial score (nSPS) is 10.2. The summed E-state index contributed by atoms with van der Waals surface area (Å²) in [5, 5.41) is 6.22. The molecule has 2 aromatic carbocycles. The summed E-state index contributed by atoms with van der Waals surface area (Å²) in [5.41, 5.74) is 4.07. The predicted molar refractivity (Wildman–Crippen MR) is 95.3 cm³/mol. The van der Waals surface area contributed by atoms with Crippen LogP contribution in [-0.4, -0.2) is 19.1 Å². The Bertz CT molecular complexity index is 668. The van der Waals surface area contributed by atoms with Crippen LogP contribution in [0.5, 0.6) is 5.75 Å². The summed E-state index contributed by atoms with van der Waals surface area (Å²) in [5.74, 6) is 0.810.